The number of ether oxygens (including phenoxy) is 2. The number of hydrogen-bond donors (Lipinski definition) is 1. The molecule has 8 heteroatoms. The highest BCUT2D eigenvalue weighted by molar-refractivity contribution is 6.52. The number of benzene rings is 3. The Morgan fingerprint density at radius 1 is 0.941 bits per heavy atom. The summed E-state index contributed by atoms with van der Waals surface area (Å²) in [5.41, 5.74) is 2.05. The van der Waals surface area contributed by atoms with E-state index in [0.717, 1.165) is 5.56 Å². The van der Waals surface area contributed by atoms with Crippen LogP contribution in [0.2, 0.25) is 10.0 Å². The lowest BCUT2D eigenvalue weighted by Crippen LogP contribution is -2.29. The number of ketones is 1. The molecule has 4 rings (SSSR count). The molecule has 174 valence electrons. The van der Waals surface area contributed by atoms with Crippen LogP contribution in [0.25, 0.3) is 5.76 Å². The fourth-order valence-corrected chi connectivity index (χ4v) is 4.36. The van der Waals surface area contributed by atoms with Crippen LogP contribution in [0.4, 0.5) is 5.69 Å². The third kappa shape index (κ3) is 4.00. The molecule has 1 N–H and O–H groups in total. The summed E-state index contributed by atoms with van der Waals surface area (Å²) in [6.45, 7) is 1.87. The summed E-state index contributed by atoms with van der Waals surface area (Å²) in [6.07, 6.45) is 0. The van der Waals surface area contributed by atoms with E-state index >= 15 is 0 Å². The standard InChI is InChI=1S/C26H21Cl2NO5/c1-14-6-4-5-7-17(14)23-22(24(30)18-13-16(33-2)9-11-21(18)34-3)25(31)26(32)29(23)15-8-10-19(27)20(28)12-15/h4-13,23,30H,1-3H3/b24-22+. The maximum Gasteiger partial charge on any atom is 0.300 e. The normalized spacial score (nSPS) is 17.2. The van der Waals surface area contributed by atoms with E-state index in [1.807, 2.05) is 31.2 Å². The number of carbonyl (C=O) groups is 2. The predicted molar refractivity (Wildman–Crippen MR) is 132 cm³/mol. The number of anilines is 1. The van der Waals surface area contributed by atoms with Gasteiger partial charge in [0.1, 0.15) is 17.3 Å². The number of aryl methyl sites for hydroxylation is 1. The zero-order valence-corrected chi connectivity index (χ0v) is 20.1. The van der Waals surface area contributed by atoms with E-state index in [-0.39, 0.29) is 21.9 Å². The van der Waals surface area contributed by atoms with Crippen molar-refractivity contribution in [1.29, 1.82) is 0 Å². The molecule has 0 spiro atoms. The van der Waals surface area contributed by atoms with Gasteiger partial charge < -0.3 is 14.6 Å². The topological polar surface area (TPSA) is 76.1 Å². The molecular formula is C26H21Cl2NO5. The minimum absolute atomic E-state index is 0.0723. The van der Waals surface area contributed by atoms with E-state index in [4.69, 9.17) is 32.7 Å². The summed E-state index contributed by atoms with van der Waals surface area (Å²) < 4.78 is 10.7. The molecule has 0 aliphatic carbocycles. The lowest BCUT2D eigenvalue weighted by atomic mass is 9.92. The van der Waals surface area contributed by atoms with Crippen molar-refractivity contribution in [2.24, 2.45) is 0 Å². The number of Topliss-reactive ketones (excluding diaryl/α,β-unsaturated/α-hetero) is 1. The van der Waals surface area contributed by atoms with E-state index in [1.165, 1.54) is 25.2 Å². The SMILES string of the molecule is COc1ccc(OC)c(/C(O)=C2\C(=O)C(=O)N(c3ccc(Cl)c(Cl)c3)C2c2ccccc2C)c1. The van der Waals surface area contributed by atoms with Gasteiger partial charge in [-0.2, -0.15) is 0 Å². The molecule has 1 aliphatic heterocycles. The Bertz CT molecular complexity index is 1330. The first-order chi connectivity index (χ1) is 16.3. The largest absolute Gasteiger partial charge is 0.507 e. The number of carbonyl (C=O) groups excluding carboxylic acids is 2. The van der Waals surface area contributed by atoms with Crippen molar-refractivity contribution in [1.82, 2.24) is 0 Å². The summed E-state index contributed by atoms with van der Waals surface area (Å²) in [5, 5.41) is 12.0. The van der Waals surface area contributed by atoms with Crippen LogP contribution in [-0.4, -0.2) is 31.0 Å². The van der Waals surface area contributed by atoms with Gasteiger partial charge >= 0.3 is 0 Å². The number of hydrogen-bond acceptors (Lipinski definition) is 5. The molecule has 1 heterocycles. The third-order valence-corrected chi connectivity index (χ3v) is 6.51. The van der Waals surface area contributed by atoms with Crippen LogP contribution in [0.3, 0.4) is 0 Å². The van der Waals surface area contributed by atoms with E-state index in [0.29, 0.717) is 27.8 Å². The molecule has 0 aromatic heterocycles. The first-order valence-corrected chi connectivity index (χ1v) is 11.1. The predicted octanol–water partition coefficient (Wildman–Crippen LogP) is 5.95. The molecule has 0 bridgehead atoms. The number of amides is 1. The monoisotopic (exact) mass is 497 g/mol. The van der Waals surface area contributed by atoms with E-state index in [2.05, 4.69) is 0 Å². The second-order valence-corrected chi connectivity index (χ2v) is 8.50. The maximum absolute atomic E-state index is 13.4. The smallest absolute Gasteiger partial charge is 0.300 e. The van der Waals surface area contributed by atoms with Crippen molar-refractivity contribution >= 4 is 46.3 Å². The molecule has 1 atom stereocenters. The van der Waals surface area contributed by atoms with Crippen molar-refractivity contribution in [2.75, 3.05) is 19.1 Å². The molecule has 1 saturated heterocycles. The molecule has 0 saturated carbocycles. The van der Waals surface area contributed by atoms with Gasteiger partial charge in [-0.3, -0.25) is 14.5 Å². The van der Waals surface area contributed by atoms with E-state index < -0.39 is 17.7 Å². The first-order valence-electron chi connectivity index (χ1n) is 10.3. The molecule has 3 aromatic carbocycles. The Balaban J connectivity index is 2.02. The van der Waals surface area contributed by atoms with Gasteiger partial charge in [-0.1, -0.05) is 47.5 Å². The molecule has 3 aromatic rings. The van der Waals surface area contributed by atoms with E-state index in [9.17, 15) is 14.7 Å². The molecule has 1 fully saturated rings. The number of rotatable bonds is 5. The molecule has 6 nitrogen and oxygen atoms in total. The van der Waals surface area contributed by atoms with Crippen molar-refractivity contribution in [3.8, 4) is 11.5 Å². The maximum atomic E-state index is 13.4. The lowest BCUT2D eigenvalue weighted by Gasteiger charge is -2.27. The highest BCUT2D eigenvalue weighted by Crippen LogP contribution is 2.45. The van der Waals surface area contributed by atoms with Crippen LogP contribution in [0.5, 0.6) is 11.5 Å². The molecular weight excluding hydrogens is 477 g/mol. The van der Waals surface area contributed by atoms with E-state index in [1.54, 1.807) is 30.3 Å². The minimum atomic E-state index is -0.908. The molecule has 34 heavy (non-hydrogen) atoms. The summed E-state index contributed by atoms with van der Waals surface area (Å²) in [4.78, 5) is 28.0. The Labute approximate surface area is 206 Å². The molecule has 1 aliphatic rings. The number of nitrogens with zero attached hydrogens (tertiary/aromatic N) is 1. The van der Waals surface area contributed by atoms with Crippen molar-refractivity contribution in [3.63, 3.8) is 0 Å². The number of methoxy groups -OCH3 is 2. The molecule has 0 radical (unpaired) electrons. The number of halogens is 2. The summed E-state index contributed by atoms with van der Waals surface area (Å²) >= 11 is 12.3. The Morgan fingerprint density at radius 3 is 2.32 bits per heavy atom. The first kappa shape index (κ1) is 23.7. The second kappa shape index (κ2) is 9.41. The summed E-state index contributed by atoms with van der Waals surface area (Å²) in [6, 6.07) is 16.0. The number of aliphatic hydroxyl groups excluding tert-OH is 1. The van der Waals surface area contributed by atoms with Gasteiger partial charge in [-0.25, -0.2) is 0 Å². The van der Waals surface area contributed by atoms with Crippen LogP contribution in [0, 0.1) is 6.92 Å². The Kier molecular flexibility index (Phi) is 6.55. The van der Waals surface area contributed by atoms with Gasteiger partial charge in [0.15, 0.2) is 0 Å². The Morgan fingerprint density at radius 2 is 1.68 bits per heavy atom. The van der Waals surface area contributed by atoms with Gasteiger partial charge in [0.2, 0.25) is 0 Å². The third-order valence-electron chi connectivity index (χ3n) is 5.77. The average Bonchev–Trinajstić information content (AvgIpc) is 3.10. The molecule has 1 unspecified atom stereocenters. The van der Waals surface area contributed by atoms with Gasteiger partial charge in [-0.15, -0.1) is 0 Å². The Hall–Kier alpha value is -3.48. The highest BCUT2D eigenvalue weighted by atomic mass is 35.5. The van der Waals surface area contributed by atoms with Crippen molar-refractivity contribution in [3.05, 3.63) is 93.0 Å². The van der Waals surface area contributed by atoms with Crippen LogP contribution in [0.1, 0.15) is 22.7 Å². The zero-order valence-electron chi connectivity index (χ0n) is 18.6. The van der Waals surface area contributed by atoms with Gasteiger partial charge in [0, 0.05) is 5.69 Å². The van der Waals surface area contributed by atoms with Crippen LogP contribution in [-0.2, 0) is 9.59 Å². The summed E-state index contributed by atoms with van der Waals surface area (Å²) in [7, 11) is 2.94. The van der Waals surface area contributed by atoms with Crippen molar-refractivity contribution < 1.29 is 24.2 Å². The highest BCUT2D eigenvalue weighted by Gasteiger charge is 2.47. The minimum Gasteiger partial charge on any atom is -0.507 e. The average molecular weight is 498 g/mol. The quantitative estimate of drug-likeness (QED) is 0.268. The lowest BCUT2D eigenvalue weighted by molar-refractivity contribution is -0.132. The zero-order chi connectivity index (χ0) is 24.6. The van der Waals surface area contributed by atoms with Crippen molar-refractivity contribution in [2.45, 2.75) is 13.0 Å². The molecule has 1 amide bonds. The van der Waals surface area contributed by atoms with Crippen LogP contribution < -0.4 is 14.4 Å². The van der Waals surface area contributed by atoms with Gasteiger partial charge in [0.05, 0.1) is 41.4 Å². The fraction of sp³-hybridized carbons (Fsp3) is 0.154. The number of aliphatic hydroxyl groups is 1. The fourth-order valence-electron chi connectivity index (χ4n) is 4.07. The van der Waals surface area contributed by atoms with Crippen LogP contribution in [0.15, 0.2) is 66.2 Å². The second-order valence-electron chi connectivity index (χ2n) is 7.69. The van der Waals surface area contributed by atoms with Crippen LogP contribution >= 0.6 is 23.2 Å². The summed E-state index contributed by atoms with van der Waals surface area (Å²) in [5.74, 6) is -1.22. The van der Waals surface area contributed by atoms with Gasteiger partial charge in [-0.05, 0) is 54.4 Å². The van der Waals surface area contributed by atoms with Gasteiger partial charge in [0.25, 0.3) is 11.7 Å².